The van der Waals surface area contributed by atoms with Gasteiger partial charge in [-0.25, -0.2) is 9.59 Å². The van der Waals surface area contributed by atoms with E-state index in [1.54, 1.807) is 24.3 Å². The molecule has 9 heteroatoms. The van der Waals surface area contributed by atoms with E-state index >= 15 is 0 Å². The molecule has 242 valence electrons. The number of ether oxygens (including phenoxy) is 5. The summed E-state index contributed by atoms with van der Waals surface area (Å²) < 4.78 is 37.7. The van der Waals surface area contributed by atoms with E-state index in [4.69, 9.17) is 28.1 Å². The summed E-state index contributed by atoms with van der Waals surface area (Å²) in [5.74, 6) is -1.20. The minimum Gasteiger partial charge on any atom is -0.467 e. The van der Waals surface area contributed by atoms with Crippen LogP contribution in [0.2, 0.25) is 18.6 Å². The molecule has 1 aliphatic rings. The zero-order valence-corrected chi connectivity index (χ0v) is 28.3. The second kappa shape index (κ2) is 15.3. The lowest BCUT2D eigenvalue weighted by Crippen LogP contribution is -2.65. The largest absolute Gasteiger partial charge is 0.467 e. The summed E-state index contributed by atoms with van der Waals surface area (Å²) in [5.41, 5.74) is 2.28. The summed E-state index contributed by atoms with van der Waals surface area (Å²) in [5, 5.41) is 0. The molecule has 0 radical (unpaired) electrons. The van der Waals surface area contributed by atoms with Crippen LogP contribution in [0.4, 0.5) is 0 Å². The first-order chi connectivity index (χ1) is 21.4. The molecule has 1 saturated heterocycles. The molecule has 3 aromatic rings. The molecule has 8 nitrogen and oxygen atoms in total. The van der Waals surface area contributed by atoms with Crippen LogP contribution < -0.4 is 0 Å². The molecule has 0 spiro atoms. The lowest BCUT2D eigenvalue weighted by atomic mass is 9.93. The number of methoxy groups -OCH3 is 1. The lowest BCUT2D eigenvalue weighted by molar-refractivity contribution is -0.292. The number of esters is 2. The van der Waals surface area contributed by atoms with Gasteiger partial charge in [-0.15, -0.1) is 0 Å². The number of rotatable bonds is 12. The van der Waals surface area contributed by atoms with Gasteiger partial charge in [0.25, 0.3) is 0 Å². The van der Waals surface area contributed by atoms with E-state index < -0.39 is 51.0 Å². The highest BCUT2D eigenvalue weighted by Crippen LogP contribution is 2.42. The van der Waals surface area contributed by atoms with E-state index in [0.29, 0.717) is 5.56 Å². The SMILES string of the molecule is COC(=O)[C@@H]1O[C@H](O[Si](C)(C)C(C)C(C)(C)C)[C@H](OC(=O)c2ccccc2)[C@@H](OCc2ccccc2)[C@@H]1OCc1ccccc1. The van der Waals surface area contributed by atoms with Crippen LogP contribution in [0.5, 0.6) is 0 Å². The first kappa shape index (κ1) is 34.5. The second-order valence-electron chi connectivity index (χ2n) is 13.0. The van der Waals surface area contributed by atoms with Gasteiger partial charge < -0.3 is 28.1 Å². The van der Waals surface area contributed by atoms with Crippen LogP contribution >= 0.6 is 0 Å². The third-order valence-electron chi connectivity index (χ3n) is 8.51. The van der Waals surface area contributed by atoms with Crippen molar-refractivity contribution in [2.75, 3.05) is 7.11 Å². The summed E-state index contributed by atoms with van der Waals surface area (Å²) in [7, 11) is -1.25. The maximum Gasteiger partial charge on any atom is 0.338 e. The molecule has 0 bridgehead atoms. The first-order valence-corrected chi connectivity index (χ1v) is 18.4. The molecule has 4 rings (SSSR count). The molecule has 0 aliphatic carbocycles. The number of benzene rings is 3. The van der Waals surface area contributed by atoms with Crippen LogP contribution in [0.25, 0.3) is 0 Å². The Bertz CT molecular complexity index is 1360. The van der Waals surface area contributed by atoms with Crippen molar-refractivity contribution in [3.63, 3.8) is 0 Å². The van der Waals surface area contributed by atoms with E-state index in [0.717, 1.165) is 11.1 Å². The number of hydrogen-bond donors (Lipinski definition) is 0. The predicted octanol–water partition coefficient (Wildman–Crippen LogP) is 6.94. The third kappa shape index (κ3) is 9.11. The first-order valence-electron chi connectivity index (χ1n) is 15.4. The molecular formula is C36H46O8Si. The molecule has 0 amide bonds. The standard InChI is InChI=1S/C36H46O8Si/c1-25(36(2,3)4)45(6,7)44-35-32(42-33(37)28-21-15-10-16-22-28)30(41-24-27-19-13-9-14-20-27)29(31(43-35)34(38)39-5)40-23-26-17-11-8-12-18-26/h8-22,25,29-32,35H,23-24H2,1-7H3/t25?,29-,30-,31+,32+,35+/m0/s1. The van der Waals surface area contributed by atoms with E-state index in [1.165, 1.54) is 7.11 Å². The third-order valence-corrected chi connectivity index (χ3v) is 12.3. The molecule has 45 heavy (non-hydrogen) atoms. The molecule has 0 N–H and O–H groups in total. The lowest BCUT2D eigenvalue weighted by Gasteiger charge is -2.48. The van der Waals surface area contributed by atoms with Crippen LogP contribution in [0, 0.1) is 5.41 Å². The van der Waals surface area contributed by atoms with Crippen LogP contribution in [0.3, 0.4) is 0 Å². The van der Waals surface area contributed by atoms with Crippen molar-refractivity contribution in [2.45, 2.75) is 90.2 Å². The van der Waals surface area contributed by atoms with Crippen molar-refractivity contribution in [3.05, 3.63) is 108 Å². The van der Waals surface area contributed by atoms with Gasteiger partial charge in [0.05, 0.1) is 25.9 Å². The zero-order valence-electron chi connectivity index (χ0n) is 27.3. The van der Waals surface area contributed by atoms with Crippen molar-refractivity contribution < 1.29 is 37.7 Å². The average molecular weight is 635 g/mol. The molecular weight excluding hydrogens is 588 g/mol. The quantitative estimate of drug-likeness (QED) is 0.156. The molecule has 1 fully saturated rings. The Morgan fingerprint density at radius 1 is 0.778 bits per heavy atom. The van der Waals surface area contributed by atoms with E-state index in [-0.39, 0.29) is 24.2 Å². The fraction of sp³-hybridized carbons (Fsp3) is 0.444. The maximum atomic E-state index is 13.6. The average Bonchev–Trinajstić information content (AvgIpc) is 3.04. The topological polar surface area (TPSA) is 89.5 Å². The Morgan fingerprint density at radius 2 is 1.27 bits per heavy atom. The van der Waals surface area contributed by atoms with Gasteiger partial charge in [0, 0.05) is 0 Å². The zero-order chi connectivity index (χ0) is 32.6. The molecule has 1 heterocycles. The highest BCUT2D eigenvalue weighted by Gasteiger charge is 2.55. The van der Waals surface area contributed by atoms with Crippen molar-refractivity contribution in [1.82, 2.24) is 0 Å². The summed E-state index contributed by atoms with van der Waals surface area (Å²) in [6, 6.07) is 28.0. The Hall–Kier alpha value is -3.34. The molecule has 1 aliphatic heterocycles. The predicted molar refractivity (Wildman–Crippen MR) is 174 cm³/mol. The normalized spacial score (nSPS) is 22.8. The summed E-state index contributed by atoms with van der Waals surface area (Å²) in [4.78, 5) is 26.9. The van der Waals surface area contributed by atoms with Gasteiger partial charge in [0.2, 0.25) is 0 Å². The highest BCUT2D eigenvalue weighted by molar-refractivity contribution is 6.72. The van der Waals surface area contributed by atoms with Crippen LogP contribution in [0.15, 0.2) is 91.0 Å². The van der Waals surface area contributed by atoms with Crippen molar-refractivity contribution in [1.29, 1.82) is 0 Å². The van der Waals surface area contributed by atoms with Gasteiger partial charge in [-0.05, 0) is 47.3 Å². The number of carbonyl (C=O) groups excluding carboxylic acids is 2. The Labute approximate surface area is 268 Å². The fourth-order valence-electron chi connectivity index (χ4n) is 5.45. The van der Waals surface area contributed by atoms with Gasteiger partial charge in [0.15, 0.2) is 26.8 Å². The van der Waals surface area contributed by atoms with Gasteiger partial charge in [0.1, 0.15) is 12.2 Å². The van der Waals surface area contributed by atoms with Crippen LogP contribution in [0.1, 0.15) is 49.2 Å². The van der Waals surface area contributed by atoms with Crippen molar-refractivity contribution in [2.24, 2.45) is 5.41 Å². The van der Waals surface area contributed by atoms with E-state index in [1.807, 2.05) is 66.7 Å². The van der Waals surface area contributed by atoms with E-state index in [2.05, 4.69) is 40.8 Å². The Balaban J connectivity index is 1.77. The van der Waals surface area contributed by atoms with E-state index in [9.17, 15) is 9.59 Å². The summed E-state index contributed by atoms with van der Waals surface area (Å²) in [6.07, 6.45) is -5.32. The van der Waals surface area contributed by atoms with Crippen LogP contribution in [-0.4, -0.2) is 58.1 Å². The minimum absolute atomic E-state index is 0.0626. The smallest absolute Gasteiger partial charge is 0.338 e. The molecule has 3 aromatic carbocycles. The summed E-state index contributed by atoms with van der Waals surface area (Å²) in [6.45, 7) is 13.2. The summed E-state index contributed by atoms with van der Waals surface area (Å²) >= 11 is 0. The van der Waals surface area contributed by atoms with Gasteiger partial charge in [-0.1, -0.05) is 107 Å². The Morgan fingerprint density at radius 3 is 1.76 bits per heavy atom. The van der Waals surface area contributed by atoms with Crippen molar-refractivity contribution in [3.8, 4) is 0 Å². The van der Waals surface area contributed by atoms with Gasteiger partial charge >= 0.3 is 11.9 Å². The number of carbonyl (C=O) groups is 2. The van der Waals surface area contributed by atoms with Crippen LogP contribution in [-0.2, 0) is 46.1 Å². The van der Waals surface area contributed by atoms with Crippen molar-refractivity contribution >= 4 is 20.3 Å². The second-order valence-corrected chi connectivity index (χ2v) is 17.3. The molecule has 1 unspecified atom stereocenters. The molecule has 6 atom stereocenters. The maximum absolute atomic E-state index is 13.6. The fourth-order valence-corrected chi connectivity index (χ4v) is 8.53. The minimum atomic E-state index is -2.55. The van der Waals surface area contributed by atoms with Gasteiger partial charge in [-0.3, -0.25) is 0 Å². The molecule has 0 aromatic heterocycles. The number of hydrogen-bond acceptors (Lipinski definition) is 8. The monoisotopic (exact) mass is 634 g/mol. The molecule has 0 saturated carbocycles. The van der Waals surface area contributed by atoms with Gasteiger partial charge in [-0.2, -0.15) is 0 Å². The highest BCUT2D eigenvalue weighted by atomic mass is 28.4. The Kier molecular flexibility index (Phi) is 11.7.